The maximum Gasteiger partial charge on any atom is 0.310 e. The average molecular weight is 261 g/mol. The average Bonchev–Trinajstić information content (AvgIpc) is 2.71. The molecule has 0 atom stereocenters. The molecule has 2 rings (SSSR count). The van der Waals surface area contributed by atoms with Crippen LogP contribution in [-0.4, -0.2) is 22.2 Å². The summed E-state index contributed by atoms with van der Waals surface area (Å²) >= 11 is 0. The molecular formula is C15H19NO3. The summed E-state index contributed by atoms with van der Waals surface area (Å²) in [6.45, 7) is 6.49. The van der Waals surface area contributed by atoms with Crippen LogP contribution in [0.5, 0.6) is 5.75 Å². The van der Waals surface area contributed by atoms with Gasteiger partial charge in [-0.2, -0.15) is 0 Å². The number of aliphatic carboxylic acids is 1. The normalized spacial score (nSPS) is 11.7. The summed E-state index contributed by atoms with van der Waals surface area (Å²) in [7, 11) is 0. The Morgan fingerprint density at radius 2 is 2.11 bits per heavy atom. The second kappa shape index (κ2) is 4.96. The van der Waals surface area contributed by atoms with Gasteiger partial charge in [0, 0.05) is 23.6 Å². The molecule has 0 bridgehead atoms. The molecule has 1 N–H and O–H groups in total. The van der Waals surface area contributed by atoms with Gasteiger partial charge in [-0.05, 0) is 45.0 Å². The highest BCUT2D eigenvalue weighted by Crippen LogP contribution is 2.26. The lowest BCUT2D eigenvalue weighted by Crippen LogP contribution is -2.28. The maximum absolute atomic E-state index is 11.2. The van der Waals surface area contributed by atoms with Crippen LogP contribution >= 0.6 is 0 Å². The number of hydrogen-bond acceptors (Lipinski definition) is 2. The predicted molar refractivity (Wildman–Crippen MR) is 74.5 cm³/mol. The number of carbonyl (C=O) groups is 1. The number of aromatic nitrogens is 1. The van der Waals surface area contributed by atoms with E-state index in [0.29, 0.717) is 13.2 Å². The SMILES string of the molecule is CCOc1ccc2c(ccn2CC(C)(C)C(=O)O)c1. The minimum atomic E-state index is -0.791. The van der Waals surface area contributed by atoms with E-state index in [1.165, 1.54) is 0 Å². The second-order valence-electron chi connectivity index (χ2n) is 5.29. The Morgan fingerprint density at radius 3 is 2.74 bits per heavy atom. The smallest absolute Gasteiger partial charge is 0.310 e. The van der Waals surface area contributed by atoms with Crippen molar-refractivity contribution < 1.29 is 14.6 Å². The van der Waals surface area contributed by atoms with E-state index in [4.69, 9.17) is 4.74 Å². The summed E-state index contributed by atoms with van der Waals surface area (Å²) in [6, 6.07) is 7.84. The number of carboxylic acid groups (broad SMARTS) is 1. The molecule has 0 saturated heterocycles. The first-order valence-electron chi connectivity index (χ1n) is 6.39. The Kier molecular flexibility index (Phi) is 3.51. The Balaban J connectivity index is 2.33. The number of hydrogen-bond donors (Lipinski definition) is 1. The molecule has 2 aromatic rings. The Hall–Kier alpha value is -1.97. The zero-order valence-corrected chi connectivity index (χ0v) is 11.5. The van der Waals surface area contributed by atoms with Gasteiger partial charge in [0.05, 0.1) is 12.0 Å². The van der Waals surface area contributed by atoms with E-state index in [-0.39, 0.29) is 0 Å². The molecule has 1 aromatic heterocycles. The first kappa shape index (κ1) is 13.5. The van der Waals surface area contributed by atoms with Crippen molar-refractivity contribution in [3.05, 3.63) is 30.5 Å². The van der Waals surface area contributed by atoms with Gasteiger partial charge in [0.2, 0.25) is 0 Å². The van der Waals surface area contributed by atoms with Gasteiger partial charge in [-0.1, -0.05) is 0 Å². The van der Waals surface area contributed by atoms with E-state index in [0.717, 1.165) is 16.7 Å². The minimum Gasteiger partial charge on any atom is -0.494 e. The molecule has 0 aliphatic carbocycles. The van der Waals surface area contributed by atoms with Crippen molar-refractivity contribution in [3.8, 4) is 5.75 Å². The van der Waals surface area contributed by atoms with Gasteiger partial charge in [-0.15, -0.1) is 0 Å². The molecule has 0 unspecified atom stereocenters. The molecule has 4 nitrogen and oxygen atoms in total. The molecule has 0 radical (unpaired) electrons. The van der Waals surface area contributed by atoms with Gasteiger partial charge in [-0.3, -0.25) is 4.79 Å². The third kappa shape index (κ3) is 2.72. The maximum atomic E-state index is 11.2. The Labute approximate surface area is 112 Å². The molecule has 0 aliphatic heterocycles. The molecule has 102 valence electrons. The van der Waals surface area contributed by atoms with Crippen LogP contribution in [0.4, 0.5) is 0 Å². The lowest BCUT2D eigenvalue weighted by atomic mass is 9.94. The van der Waals surface area contributed by atoms with Crippen LogP contribution < -0.4 is 4.74 Å². The topological polar surface area (TPSA) is 51.5 Å². The number of fused-ring (bicyclic) bond motifs is 1. The van der Waals surface area contributed by atoms with Crippen LogP contribution in [0.25, 0.3) is 10.9 Å². The first-order chi connectivity index (χ1) is 8.94. The highest BCUT2D eigenvalue weighted by molar-refractivity contribution is 5.82. The van der Waals surface area contributed by atoms with Gasteiger partial charge >= 0.3 is 5.97 Å². The lowest BCUT2D eigenvalue weighted by Gasteiger charge is -2.20. The minimum absolute atomic E-state index is 0.444. The van der Waals surface area contributed by atoms with E-state index in [1.807, 2.05) is 42.0 Å². The van der Waals surface area contributed by atoms with Gasteiger partial charge in [0.1, 0.15) is 5.75 Å². The van der Waals surface area contributed by atoms with Crippen molar-refractivity contribution in [2.24, 2.45) is 5.41 Å². The fraction of sp³-hybridized carbons (Fsp3) is 0.400. The number of ether oxygens (including phenoxy) is 1. The molecule has 1 heterocycles. The zero-order chi connectivity index (χ0) is 14.0. The van der Waals surface area contributed by atoms with Gasteiger partial charge in [0.25, 0.3) is 0 Å². The van der Waals surface area contributed by atoms with Crippen LogP contribution in [0.2, 0.25) is 0 Å². The molecule has 1 aromatic carbocycles. The summed E-state index contributed by atoms with van der Waals surface area (Å²) < 4.78 is 7.43. The predicted octanol–water partition coefficient (Wildman–Crippen LogP) is 3.15. The summed E-state index contributed by atoms with van der Waals surface area (Å²) in [6.07, 6.45) is 1.92. The van der Waals surface area contributed by atoms with Crippen LogP contribution in [0.3, 0.4) is 0 Å². The van der Waals surface area contributed by atoms with E-state index >= 15 is 0 Å². The fourth-order valence-corrected chi connectivity index (χ4v) is 2.07. The third-order valence-corrected chi connectivity index (χ3v) is 3.20. The zero-order valence-electron chi connectivity index (χ0n) is 11.5. The van der Waals surface area contributed by atoms with Crippen molar-refractivity contribution in [3.63, 3.8) is 0 Å². The van der Waals surface area contributed by atoms with Crippen LogP contribution in [0.1, 0.15) is 20.8 Å². The quantitative estimate of drug-likeness (QED) is 0.899. The number of benzene rings is 1. The van der Waals surface area contributed by atoms with E-state index in [9.17, 15) is 9.90 Å². The summed E-state index contributed by atoms with van der Waals surface area (Å²) in [4.78, 5) is 11.2. The molecule has 0 saturated carbocycles. The summed E-state index contributed by atoms with van der Waals surface area (Å²) in [5.41, 5.74) is 0.239. The summed E-state index contributed by atoms with van der Waals surface area (Å²) in [5, 5.41) is 10.3. The van der Waals surface area contributed by atoms with E-state index in [2.05, 4.69) is 0 Å². The molecular weight excluding hydrogens is 242 g/mol. The highest BCUT2D eigenvalue weighted by atomic mass is 16.5. The van der Waals surface area contributed by atoms with Gasteiger partial charge < -0.3 is 14.4 Å². The molecule has 0 spiro atoms. The fourth-order valence-electron chi connectivity index (χ4n) is 2.07. The number of rotatable bonds is 5. The highest BCUT2D eigenvalue weighted by Gasteiger charge is 2.27. The van der Waals surface area contributed by atoms with Gasteiger partial charge in [-0.25, -0.2) is 0 Å². The van der Waals surface area contributed by atoms with Crippen molar-refractivity contribution in [2.75, 3.05) is 6.61 Å². The third-order valence-electron chi connectivity index (χ3n) is 3.20. The monoisotopic (exact) mass is 261 g/mol. The summed E-state index contributed by atoms with van der Waals surface area (Å²) in [5.74, 6) is 0.0468. The molecule has 19 heavy (non-hydrogen) atoms. The molecule has 0 fully saturated rings. The van der Waals surface area contributed by atoms with Crippen molar-refractivity contribution >= 4 is 16.9 Å². The van der Waals surface area contributed by atoms with Crippen LogP contribution in [0.15, 0.2) is 30.5 Å². The number of carboxylic acids is 1. The van der Waals surface area contributed by atoms with E-state index in [1.54, 1.807) is 13.8 Å². The molecule has 0 aliphatic rings. The molecule has 4 heteroatoms. The van der Waals surface area contributed by atoms with Crippen molar-refractivity contribution in [1.82, 2.24) is 4.57 Å². The standard InChI is InChI=1S/C15H19NO3/c1-4-19-12-5-6-13-11(9-12)7-8-16(13)10-15(2,3)14(17)18/h5-9H,4,10H2,1-3H3,(H,17,18). The van der Waals surface area contributed by atoms with E-state index < -0.39 is 11.4 Å². The second-order valence-corrected chi connectivity index (χ2v) is 5.29. The lowest BCUT2D eigenvalue weighted by molar-refractivity contribution is -0.147. The van der Waals surface area contributed by atoms with Gasteiger partial charge in [0.15, 0.2) is 0 Å². The largest absolute Gasteiger partial charge is 0.494 e. The van der Waals surface area contributed by atoms with Crippen molar-refractivity contribution in [1.29, 1.82) is 0 Å². The Morgan fingerprint density at radius 1 is 1.37 bits per heavy atom. The number of nitrogens with zero attached hydrogens (tertiary/aromatic N) is 1. The first-order valence-corrected chi connectivity index (χ1v) is 6.39. The molecule has 0 amide bonds. The Bertz CT molecular complexity index is 598. The van der Waals surface area contributed by atoms with Crippen LogP contribution in [-0.2, 0) is 11.3 Å². The van der Waals surface area contributed by atoms with Crippen molar-refractivity contribution in [2.45, 2.75) is 27.3 Å². The van der Waals surface area contributed by atoms with Crippen LogP contribution in [0, 0.1) is 5.41 Å².